The molecule has 41 heavy (non-hydrogen) atoms. The minimum atomic E-state index is 1.01. The third-order valence-corrected chi connectivity index (χ3v) is 8.60. The van der Waals surface area contributed by atoms with Crippen LogP contribution in [0.1, 0.15) is 0 Å². The molecule has 2 aromatic heterocycles. The molecule has 0 bridgehead atoms. The van der Waals surface area contributed by atoms with Crippen molar-refractivity contribution in [1.29, 1.82) is 0 Å². The van der Waals surface area contributed by atoms with Gasteiger partial charge in [-0.3, -0.25) is 4.98 Å². The maximum Gasteiger partial charge on any atom is 0.0708 e. The average Bonchev–Trinajstić information content (AvgIpc) is 3.38. The molecule has 6 aromatic carbocycles. The summed E-state index contributed by atoms with van der Waals surface area (Å²) in [6.45, 7) is 0. The topological polar surface area (TPSA) is 17.8 Å². The van der Waals surface area contributed by atoms with E-state index in [1.807, 2.05) is 12.3 Å². The quantitative estimate of drug-likeness (QED) is 0.210. The molecule has 0 saturated carbocycles. The van der Waals surface area contributed by atoms with Crippen molar-refractivity contribution < 1.29 is 0 Å². The van der Waals surface area contributed by atoms with Crippen molar-refractivity contribution in [2.75, 3.05) is 0 Å². The molecule has 0 saturated heterocycles. The van der Waals surface area contributed by atoms with Crippen LogP contribution in [0, 0.1) is 0 Å². The Hall–Kier alpha value is -5.47. The maximum atomic E-state index is 4.72. The fourth-order valence-electron chi connectivity index (χ4n) is 6.80. The number of benzene rings is 6. The van der Waals surface area contributed by atoms with Crippen LogP contribution < -0.4 is 0 Å². The summed E-state index contributed by atoms with van der Waals surface area (Å²) >= 11 is 0. The van der Waals surface area contributed by atoms with Crippen molar-refractivity contribution in [2.24, 2.45) is 0 Å². The van der Waals surface area contributed by atoms with E-state index in [0.29, 0.717) is 0 Å². The van der Waals surface area contributed by atoms with Gasteiger partial charge in [-0.1, -0.05) is 97.1 Å². The molecule has 0 N–H and O–H groups in total. The van der Waals surface area contributed by atoms with Gasteiger partial charge in [-0.05, 0) is 87.0 Å². The Morgan fingerprint density at radius 3 is 1.56 bits per heavy atom. The van der Waals surface area contributed by atoms with Crippen LogP contribution in [-0.2, 0) is 0 Å². The van der Waals surface area contributed by atoms with E-state index in [0.717, 1.165) is 16.6 Å². The van der Waals surface area contributed by atoms with Crippen LogP contribution in [0.25, 0.3) is 82.9 Å². The van der Waals surface area contributed by atoms with Gasteiger partial charge in [0.05, 0.1) is 16.6 Å². The van der Waals surface area contributed by atoms with Crippen LogP contribution in [0.3, 0.4) is 0 Å². The standard InChI is InChI=1S/C39H24N2/c1-2-12-28-27(11-1)31-20-19-26(41-38-17-7-5-15-32(38)33-16-6-8-18-39(33)41)23-35(31)29-13-3-4-14-30(29)36-24-37-25(22-34(28)36)10-9-21-40-37/h1-24H. The second kappa shape index (κ2) is 8.51. The van der Waals surface area contributed by atoms with Crippen molar-refractivity contribution in [3.8, 4) is 50.2 Å². The largest absolute Gasteiger partial charge is 0.309 e. The Morgan fingerprint density at radius 1 is 0.390 bits per heavy atom. The summed E-state index contributed by atoms with van der Waals surface area (Å²) in [7, 11) is 0. The molecule has 0 unspecified atom stereocenters. The van der Waals surface area contributed by atoms with Crippen LogP contribution in [0.2, 0.25) is 0 Å². The lowest BCUT2D eigenvalue weighted by Crippen LogP contribution is -2.00. The number of hydrogen-bond acceptors (Lipinski definition) is 1. The van der Waals surface area contributed by atoms with Crippen LogP contribution in [0.15, 0.2) is 146 Å². The molecule has 2 nitrogen and oxygen atoms in total. The molecule has 2 heteroatoms. The molecule has 0 radical (unpaired) electrons. The lowest BCUT2D eigenvalue weighted by atomic mass is 9.80. The number of rotatable bonds is 1. The van der Waals surface area contributed by atoms with Crippen LogP contribution in [0.4, 0.5) is 0 Å². The number of hydrogen-bond donors (Lipinski definition) is 0. The van der Waals surface area contributed by atoms with Crippen LogP contribution in [-0.4, -0.2) is 9.55 Å². The fraction of sp³-hybridized carbons (Fsp3) is 0. The molecule has 2 heterocycles. The minimum Gasteiger partial charge on any atom is -0.309 e. The first kappa shape index (κ1) is 22.4. The zero-order chi connectivity index (χ0) is 26.9. The number of nitrogens with zero attached hydrogens (tertiary/aromatic N) is 2. The van der Waals surface area contributed by atoms with E-state index in [4.69, 9.17) is 4.98 Å². The van der Waals surface area contributed by atoms with Gasteiger partial charge >= 0.3 is 0 Å². The molecular weight excluding hydrogens is 496 g/mol. The van der Waals surface area contributed by atoms with Gasteiger partial charge < -0.3 is 4.57 Å². The molecule has 190 valence electrons. The third-order valence-electron chi connectivity index (χ3n) is 8.60. The summed E-state index contributed by atoms with van der Waals surface area (Å²) in [5.41, 5.74) is 14.5. The Labute approximate surface area is 237 Å². The number of pyridine rings is 1. The number of aromatic nitrogens is 2. The number of para-hydroxylation sites is 2. The molecule has 0 atom stereocenters. The van der Waals surface area contributed by atoms with Gasteiger partial charge in [-0.2, -0.15) is 0 Å². The first-order valence-corrected chi connectivity index (χ1v) is 14.1. The predicted molar refractivity (Wildman–Crippen MR) is 171 cm³/mol. The monoisotopic (exact) mass is 520 g/mol. The molecule has 0 amide bonds. The first-order chi connectivity index (χ1) is 20.3. The van der Waals surface area contributed by atoms with Gasteiger partial charge in [-0.15, -0.1) is 0 Å². The summed E-state index contributed by atoms with van der Waals surface area (Å²) in [4.78, 5) is 4.72. The van der Waals surface area contributed by atoms with Crippen molar-refractivity contribution >= 4 is 32.7 Å². The number of fused-ring (bicyclic) bond motifs is 12. The molecule has 9 rings (SSSR count). The Kier molecular flexibility index (Phi) is 4.64. The smallest absolute Gasteiger partial charge is 0.0708 e. The first-order valence-electron chi connectivity index (χ1n) is 14.1. The fourth-order valence-corrected chi connectivity index (χ4v) is 6.80. The lowest BCUT2D eigenvalue weighted by molar-refractivity contribution is 1.18. The lowest BCUT2D eigenvalue weighted by Gasteiger charge is -2.24. The molecule has 8 aromatic rings. The Morgan fingerprint density at radius 2 is 0.902 bits per heavy atom. The van der Waals surface area contributed by atoms with E-state index in [9.17, 15) is 0 Å². The van der Waals surface area contributed by atoms with Gasteiger partial charge in [0.25, 0.3) is 0 Å². The van der Waals surface area contributed by atoms with E-state index in [1.165, 1.54) is 66.3 Å². The van der Waals surface area contributed by atoms with Gasteiger partial charge in [-0.25, -0.2) is 0 Å². The zero-order valence-electron chi connectivity index (χ0n) is 22.3. The van der Waals surface area contributed by atoms with Crippen molar-refractivity contribution in [3.05, 3.63) is 146 Å². The highest BCUT2D eigenvalue weighted by atomic mass is 15.0. The Bertz CT molecular complexity index is 2270. The van der Waals surface area contributed by atoms with Crippen molar-refractivity contribution in [1.82, 2.24) is 9.55 Å². The summed E-state index contributed by atoms with van der Waals surface area (Å²) in [6, 6.07) is 50.8. The molecule has 0 fully saturated rings. The molecule has 0 aliphatic heterocycles. The van der Waals surface area contributed by atoms with Crippen molar-refractivity contribution in [3.63, 3.8) is 0 Å². The SMILES string of the molecule is c1ccc2c(c1)-c1ccc(-n3c4ccccc4c4ccccc43)cc1-c1ccccc1-c1cc3ncccc3cc1-2. The van der Waals surface area contributed by atoms with E-state index in [-0.39, 0.29) is 0 Å². The summed E-state index contributed by atoms with van der Waals surface area (Å²) < 4.78 is 2.41. The molecule has 1 aliphatic rings. The maximum absolute atomic E-state index is 4.72. The van der Waals surface area contributed by atoms with Gasteiger partial charge in [0.2, 0.25) is 0 Å². The molecular formula is C39H24N2. The summed E-state index contributed by atoms with van der Waals surface area (Å²) in [5, 5.41) is 3.70. The molecule has 1 aliphatic carbocycles. The second-order valence-electron chi connectivity index (χ2n) is 10.8. The highest BCUT2D eigenvalue weighted by molar-refractivity contribution is 6.10. The zero-order valence-corrected chi connectivity index (χ0v) is 22.3. The third kappa shape index (κ3) is 3.22. The molecule has 0 spiro atoms. The van der Waals surface area contributed by atoms with E-state index >= 15 is 0 Å². The highest BCUT2D eigenvalue weighted by Crippen LogP contribution is 2.49. The second-order valence-corrected chi connectivity index (χ2v) is 10.8. The van der Waals surface area contributed by atoms with E-state index in [2.05, 4.69) is 138 Å². The Balaban J connectivity index is 1.40. The van der Waals surface area contributed by atoms with Gasteiger partial charge in [0.1, 0.15) is 0 Å². The normalized spacial score (nSPS) is 11.9. The van der Waals surface area contributed by atoms with Crippen LogP contribution in [0.5, 0.6) is 0 Å². The van der Waals surface area contributed by atoms with Gasteiger partial charge in [0, 0.05) is 28.0 Å². The van der Waals surface area contributed by atoms with Crippen molar-refractivity contribution in [2.45, 2.75) is 0 Å². The van der Waals surface area contributed by atoms with Crippen LogP contribution >= 0.6 is 0 Å². The van der Waals surface area contributed by atoms with E-state index < -0.39 is 0 Å². The minimum absolute atomic E-state index is 1.01. The van der Waals surface area contributed by atoms with Gasteiger partial charge in [0.15, 0.2) is 0 Å². The summed E-state index contributed by atoms with van der Waals surface area (Å²) in [5.74, 6) is 0. The van der Waals surface area contributed by atoms with E-state index in [1.54, 1.807) is 0 Å². The predicted octanol–water partition coefficient (Wildman–Crippen LogP) is 10.3. The average molecular weight is 521 g/mol. The highest BCUT2D eigenvalue weighted by Gasteiger charge is 2.23. The summed E-state index contributed by atoms with van der Waals surface area (Å²) in [6.07, 6.45) is 1.88.